The van der Waals surface area contributed by atoms with E-state index in [1.165, 1.54) is 19.1 Å². The number of Topliss-reactive ketones (excluding diaryl/α,β-unsaturated/α-hetero) is 1. The van der Waals surface area contributed by atoms with Gasteiger partial charge in [0.2, 0.25) is 13.2 Å². The molecule has 2 aliphatic carbocycles. The van der Waals surface area contributed by atoms with Crippen molar-refractivity contribution in [3.63, 3.8) is 0 Å². The Kier molecular flexibility index (Phi) is 4.29. The first kappa shape index (κ1) is 21.2. The van der Waals surface area contributed by atoms with Gasteiger partial charge in [0.25, 0.3) is 0 Å². The first-order valence-corrected chi connectivity index (χ1v) is 11.5. The molecule has 4 atom stereocenters. The first-order valence-electron chi connectivity index (χ1n) is 11.5. The maximum absolute atomic E-state index is 13.9. The van der Waals surface area contributed by atoms with Gasteiger partial charge in [0.15, 0.2) is 17.0 Å². The van der Waals surface area contributed by atoms with Crippen LogP contribution in [0, 0.1) is 5.41 Å². The molecule has 2 amide bonds. The normalized spacial score (nSPS) is 34.6. The minimum Gasteiger partial charge on any atom is -0.467 e. The van der Waals surface area contributed by atoms with Gasteiger partial charge in [-0.1, -0.05) is 6.07 Å². The summed E-state index contributed by atoms with van der Waals surface area (Å²) < 4.78 is 21.9. The van der Waals surface area contributed by atoms with Crippen LogP contribution in [0.4, 0.5) is 10.5 Å². The molecule has 34 heavy (non-hydrogen) atoms. The summed E-state index contributed by atoms with van der Waals surface area (Å²) in [6.45, 7) is 0.479. The molecule has 1 aromatic carbocycles. The van der Waals surface area contributed by atoms with E-state index in [0.717, 1.165) is 19.3 Å². The highest BCUT2D eigenvalue weighted by molar-refractivity contribution is 6.08. The van der Waals surface area contributed by atoms with Crippen molar-refractivity contribution in [2.45, 2.75) is 55.5 Å². The van der Waals surface area contributed by atoms with Gasteiger partial charge in [-0.2, -0.15) is 0 Å². The molecule has 10 heteroatoms. The third-order valence-corrected chi connectivity index (χ3v) is 8.83. The monoisotopic (exact) mass is 470 g/mol. The second kappa shape index (κ2) is 6.86. The fraction of sp³-hybridized carbons (Fsp3) is 0.583. The molecule has 3 fully saturated rings. The van der Waals surface area contributed by atoms with E-state index in [9.17, 15) is 19.2 Å². The molecule has 1 aromatic rings. The topological polar surface area (TPSA) is 112 Å². The summed E-state index contributed by atoms with van der Waals surface area (Å²) in [5, 5.41) is 0. The summed E-state index contributed by atoms with van der Waals surface area (Å²) >= 11 is 0. The quantitative estimate of drug-likeness (QED) is 0.476. The minimum atomic E-state index is -1.58. The molecule has 6 rings (SSSR count). The van der Waals surface area contributed by atoms with Crippen LogP contribution in [0.25, 0.3) is 0 Å². The zero-order chi connectivity index (χ0) is 23.9. The molecule has 3 aliphatic heterocycles. The van der Waals surface area contributed by atoms with Gasteiger partial charge in [-0.25, -0.2) is 9.59 Å². The largest absolute Gasteiger partial charge is 0.467 e. The molecule has 180 valence electrons. The summed E-state index contributed by atoms with van der Waals surface area (Å²) in [5.74, 6) is 0.132. The first-order chi connectivity index (χ1) is 16.4. The van der Waals surface area contributed by atoms with Gasteiger partial charge in [-0.05, 0) is 42.7 Å². The molecule has 0 radical (unpaired) electrons. The number of likely N-dealkylation sites (tertiary alicyclic amines) is 1. The molecule has 10 nitrogen and oxygen atoms in total. The lowest BCUT2D eigenvalue weighted by Gasteiger charge is -2.66. The molecular weight excluding hydrogens is 444 g/mol. The SMILES string of the molecule is COC(=O)N1c2c(ccc3c2OCO3)[C@]23CC(=O)C[C@@]4(CCCN(C=O)[C@@H]42)CC[C@]13C(=O)OC. The Hall–Kier alpha value is -3.30. The Morgan fingerprint density at radius 1 is 1.12 bits per heavy atom. The van der Waals surface area contributed by atoms with Gasteiger partial charge in [-0.3, -0.25) is 14.5 Å². The average molecular weight is 470 g/mol. The summed E-state index contributed by atoms with van der Waals surface area (Å²) in [6.07, 6.45) is 2.71. The van der Waals surface area contributed by atoms with Gasteiger partial charge in [0.05, 0.1) is 31.4 Å². The van der Waals surface area contributed by atoms with Gasteiger partial charge in [-0.15, -0.1) is 0 Å². The number of ketones is 1. The van der Waals surface area contributed by atoms with Crippen molar-refractivity contribution in [1.29, 1.82) is 0 Å². The van der Waals surface area contributed by atoms with Gasteiger partial charge >= 0.3 is 12.1 Å². The fourth-order valence-corrected chi connectivity index (χ4v) is 7.96. The Labute approximate surface area is 196 Å². The van der Waals surface area contributed by atoms with E-state index in [2.05, 4.69) is 0 Å². The molecular formula is C24H26N2O8. The Morgan fingerprint density at radius 2 is 1.94 bits per heavy atom. The van der Waals surface area contributed by atoms with E-state index < -0.39 is 34.5 Å². The molecule has 1 spiro atoms. The predicted molar refractivity (Wildman–Crippen MR) is 116 cm³/mol. The number of ether oxygens (including phenoxy) is 4. The summed E-state index contributed by atoms with van der Waals surface area (Å²) in [7, 11) is 2.52. The fourth-order valence-electron chi connectivity index (χ4n) is 7.96. The molecule has 0 N–H and O–H groups in total. The second-order valence-corrected chi connectivity index (χ2v) is 9.93. The summed E-state index contributed by atoms with van der Waals surface area (Å²) in [4.78, 5) is 56.2. The maximum atomic E-state index is 13.9. The van der Waals surface area contributed by atoms with Crippen molar-refractivity contribution in [2.24, 2.45) is 5.41 Å². The van der Waals surface area contributed by atoms with Gasteiger partial charge < -0.3 is 23.8 Å². The lowest BCUT2D eigenvalue weighted by Crippen LogP contribution is -2.79. The number of fused-ring (bicyclic) bond motifs is 3. The zero-order valence-electron chi connectivity index (χ0n) is 19.1. The van der Waals surface area contributed by atoms with E-state index in [4.69, 9.17) is 18.9 Å². The van der Waals surface area contributed by atoms with Crippen LogP contribution in [0.15, 0.2) is 12.1 Å². The third kappa shape index (κ3) is 2.17. The number of nitrogens with zero attached hydrogens (tertiary/aromatic N) is 2. The number of rotatable bonds is 2. The Balaban J connectivity index is 1.75. The van der Waals surface area contributed by atoms with Crippen molar-refractivity contribution < 1.29 is 38.1 Å². The van der Waals surface area contributed by atoms with Crippen LogP contribution < -0.4 is 14.4 Å². The Bertz CT molecular complexity index is 1140. The third-order valence-electron chi connectivity index (χ3n) is 8.83. The van der Waals surface area contributed by atoms with Crippen LogP contribution >= 0.6 is 0 Å². The molecule has 0 aromatic heterocycles. The highest BCUT2D eigenvalue weighted by atomic mass is 16.7. The van der Waals surface area contributed by atoms with Crippen LogP contribution in [-0.4, -0.2) is 68.3 Å². The van der Waals surface area contributed by atoms with E-state index in [-0.39, 0.29) is 25.4 Å². The van der Waals surface area contributed by atoms with E-state index in [0.29, 0.717) is 42.1 Å². The van der Waals surface area contributed by atoms with Crippen LogP contribution in [0.3, 0.4) is 0 Å². The number of amides is 2. The van der Waals surface area contributed by atoms with Crippen molar-refractivity contribution >= 4 is 29.9 Å². The number of methoxy groups -OCH3 is 2. The highest BCUT2D eigenvalue weighted by Crippen LogP contribution is 2.71. The number of hydrogen-bond acceptors (Lipinski definition) is 8. The smallest absolute Gasteiger partial charge is 0.415 e. The van der Waals surface area contributed by atoms with Gasteiger partial charge in [0.1, 0.15) is 5.78 Å². The van der Waals surface area contributed by atoms with E-state index in [1.807, 2.05) is 0 Å². The lowest BCUT2D eigenvalue weighted by atomic mass is 9.42. The van der Waals surface area contributed by atoms with Crippen molar-refractivity contribution in [2.75, 3.05) is 32.5 Å². The second-order valence-electron chi connectivity index (χ2n) is 9.93. The van der Waals surface area contributed by atoms with Crippen molar-refractivity contribution in [1.82, 2.24) is 4.90 Å². The maximum Gasteiger partial charge on any atom is 0.415 e. The Morgan fingerprint density at radius 3 is 2.68 bits per heavy atom. The van der Waals surface area contributed by atoms with Crippen LogP contribution in [0.2, 0.25) is 0 Å². The molecule has 0 unspecified atom stereocenters. The highest BCUT2D eigenvalue weighted by Gasteiger charge is 2.80. The molecule has 5 aliphatic rings. The molecule has 2 bridgehead atoms. The van der Waals surface area contributed by atoms with Crippen LogP contribution in [0.1, 0.15) is 44.1 Å². The molecule has 3 heterocycles. The zero-order valence-corrected chi connectivity index (χ0v) is 19.1. The van der Waals surface area contributed by atoms with Crippen LogP contribution in [0.5, 0.6) is 11.5 Å². The number of anilines is 1. The summed E-state index contributed by atoms with van der Waals surface area (Å²) in [5.41, 5.74) is -2.30. The lowest BCUT2D eigenvalue weighted by molar-refractivity contribution is -0.175. The molecule has 2 saturated carbocycles. The minimum absolute atomic E-state index is 0.000997. The number of hydrogen-bond donors (Lipinski definition) is 0. The van der Waals surface area contributed by atoms with E-state index >= 15 is 0 Å². The molecule has 1 saturated heterocycles. The number of piperidine rings is 1. The average Bonchev–Trinajstić information content (AvgIpc) is 3.41. The van der Waals surface area contributed by atoms with Crippen molar-refractivity contribution in [3.8, 4) is 11.5 Å². The number of esters is 1. The standard InChI is InChI=1S/C24H26N2O8/c1-31-20(29)24-8-7-22-6-3-9-25(12-27)19(22)23(24,11-14(28)10-22)15-4-5-16-18(34-13-33-16)17(15)26(24)21(30)32-2/h4-5,12,19H,3,6-11,13H2,1-2H3/t19-,22+,23+,24+/m0/s1. The van der Waals surface area contributed by atoms with Crippen LogP contribution in [-0.2, 0) is 29.3 Å². The number of carbonyl (C=O) groups excluding carboxylic acids is 4. The predicted octanol–water partition coefficient (Wildman–Crippen LogP) is 1.92. The van der Waals surface area contributed by atoms with E-state index in [1.54, 1.807) is 17.0 Å². The van der Waals surface area contributed by atoms with Gasteiger partial charge in [0, 0.05) is 19.4 Å². The van der Waals surface area contributed by atoms with Crippen molar-refractivity contribution in [3.05, 3.63) is 17.7 Å². The number of carbonyl (C=O) groups is 4. The summed E-state index contributed by atoms with van der Waals surface area (Å²) in [6, 6.07) is 3.07. The number of benzene rings is 1.